The summed E-state index contributed by atoms with van der Waals surface area (Å²) in [5.41, 5.74) is 0. The monoisotopic (exact) mass is 267 g/mol. The SMILES string of the molecule is [CH2]CCCCCCCCC(C)CCCCCCCC. The van der Waals surface area contributed by atoms with Gasteiger partial charge in [0.2, 0.25) is 0 Å². The molecular weight excluding hydrogens is 228 g/mol. The van der Waals surface area contributed by atoms with Crippen molar-refractivity contribution in [3.8, 4) is 0 Å². The molecule has 1 unspecified atom stereocenters. The number of rotatable bonds is 15. The van der Waals surface area contributed by atoms with E-state index in [1.165, 1.54) is 89.9 Å². The Hall–Kier alpha value is 0. The fourth-order valence-electron chi connectivity index (χ4n) is 2.79. The standard InChI is InChI=1S/C19H39/c1-4-6-8-10-12-14-16-18-19(3)17-15-13-11-9-7-5-2/h19H,1,4-18H2,2-3H3. The molecule has 115 valence electrons. The van der Waals surface area contributed by atoms with Crippen molar-refractivity contribution in [2.75, 3.05) is 0 Å². The molecule has 0 aromatic heterocycles. The normalized spacial score (nSPS) is 12.8. The van der Waals surface area contributed by atoms with Crippen molar-refractivity contribution < 1.29 is 0 Å². The van der Waals surface area contributed by atoms with Gasteiger partial charge >= 0.3 is 0 Å². The van der Waals surface area contributed by atoms with Gasteiger partial charge in [0, 0.05) is 0 Å². The lowest BCUT2D eigenvalue weighted by Crippen LogP contribution is -1.95. The quantitative estimate of drug-likeness (QED) is 0.272. The van der Waals surface area contributed by atoms with Gasteiger partial charge in [-0.3, -0.25) is 0 Å². The zero-order valence-electron chi connectivity index (χ0n) is 13.9. The smallest absolute Gasteiger partial charge is 0.0443 e. The van der Waals surface area contributed by atoms with E-state index in [2.05, 4.69) is 20.8 Å². The van der Waals surface area contributed by atoms with Crippen LogP contribution in [0.15, 0.2) is 0 Å². The van der Waals surface area contributed by atoms with Crippen LogP contribution in [0.1, 0.15) is 110 Å². The Labute approximate surface area is 123 Å². The van der Waals surface area contributed by atoms with Gasteiger partial charge in [-0.1, -0.05) is 117 Å². The van der Waals surface area contributed by atoms with E-state index >= 15 is 0 Å². The molecule has 0 aliphatic carbocycles. The molecule has 0 saturated heterocycles. The molecule has 0 heteroatoms. The molecule has 0 amide bonds. The molecule has 0 aliphatic rings. The van der Waals surface area contributed by atoms with Crippen LogP contribution in [-0.4, -0.2) is 0 Å². The third-order valence-corrected chi connectivity index (χ3v) is 4.25. The Morgan fingerprint density at radius 1 is 0.632 bits per heavy atom. The highest BCUT2D eigenvalue weighted by Gasteiger charge is 2.01. The van der Waals surface area contributed by atoms with Crippen LogP contribution in [0.5, 0.6) is 0 Å². The molecule has 0 rings (SSSR count). The highest BCUT2D eigenvalue weighted by Crippen LogP contribution is 2.18. The van der Waals surface area contributed by atoms with E-state index in [4.69, 9.17) is 0 Å². The second kappa shape index (κ2) is 16.1. The van der Waals surface area contributed by atoms with Gasteiger partial charge < -0.3 is 0 Å². The molecule has 0 aliphatic heterocycles. The summed E-state index contributed by atoms with van der Waals surface area (Å²) in [6, 6.07) is 0. The first-order valence-corrected chi connectivity index (χ1v) is 9.10. The Morgan fingerprint density at radius 3 is 1.53 bits per heavy atom. The molecule has 0 bridgehead atoms. The maximum atomic E-state index is 3.89. The third kappa shape index (κ3) is 15.9. The zero-order valence-corrected chi connectivity index (χ0v) is 13.9. The van der Waals surface area contributed by atoms with Crippen molar-refractivity contribution in [1.29, 1.82) is 0 Å². The molecule has 19 heavy (non-hydrogen) atoms. The Balaban J connectivity index is 3.10. The Morgan fingerprint density at radius 2 is 1.05 bits per heavy atom. The van der Waals surface area contributed by atoms with E-state index in [0.717, 1.165) is 12.3 Å². The average Bonchev–Trinajstić information content (AvgIpc) is 2.41. The van der Waals surface area contributed by atoms with Gasteiger partial charge in [0.05, 0.1) is 0 Å². The Kier molecular flexibility index (Phi) is 16.1. The van der Waals surface area contributed by atoms with Crippen LogP contribution in [0.3, 0.4) is 0 Å². The van der Waals surface area contributed by atoms with Gasteiger partial charge in [-0.25, -0.2) is 0 Å². The summed E-state index contributed by atoms with van der Waals surface area (Å²) in [5, 5.41) is 0. The van der Waals surface area contributed by atoms with E-state index < -0.39 is 0 Å². The molecule has 0 heterocycles. The van der Waals surface area contributed by atoms with Gasteiger partial charge in [0.15, 0.2) is 0 Å². The van der Waals surface area contributed by atoms with Crippen molar-refractivity contribution in [2.24, 2.45) is 5.92 Å². The van der Waals surface area contributed by atoms with Gasteiger partial charge in [-0.15, -0.1) is 0 Å². The van der Waals surface area contributed by atoms with E-state index in [1.54, 1.807) is 0 Å². The molecule has 0 saturated carbocycles. The summed E-state index contributed by atoms with van der Waals surface area (Å²) in [5.74, 6) is 0.964. The van der Waals surface area contributed by atoms with Gasteiger partial charge in [0.1, 0.15) is 0 Å². The third-order valence-electron chi connectivity index (χ3n) is 4.25. The number of unbranched alkanes of at least 4 members (excludes halogenated alkanes) is 11. The van der Waals surface area contributed by atoms with Crippen LogP contribution in [0.4, 0.5) is 0 Å². The van der Waals surface area contributed by atoms with Crippen LogP contribution in [-0.2, 0) is 0 Å². The molecular formula is C19H39. The molecule has 0 fully saturated rings. The summed E-state index contributed by atoms with van der Waals surface area (Å²) in [6.07, 6.45) is 21.2. The minimum atomic E-state index is 0.964. The van der Waals surface area contributed by atoms with Crippen molar-refractivity contribution in [3.63, 3.8) is 0 Å². The van der Waals surface area contributed by atoms with E-state index in [0.29, 0.717) is 0 Å². The lowest BCUT2D eigenvalue weighted by molar-refractivity contribution is 0.431. The summed E-state index contributed by atoms with van der Waals surface area (Å²) >= 11 is 0. The predicted octanol–water partition coefficient (Wildman–Crippen LogP) is 7.33. The van der Waals surface area contributed by atoms with E-state index in [-0.39, 0.29) is 0 Å². The lowest BCUT2D eigenvalue weighted by Gasteiger charge is -2.11. The van der Waals surface area contributed by atoms with Crippen molar-refractivity contribution >= 4 is 0 Å². The van der Waals surface area contributed by atoms with Gasteiger partial charge in [0.25, 0.3) is 0 Å². The number of hydrogen-bond donors (Lipinski definition) is 0. The Bertz CT molecular complexity index is 150. The molecule has 0 N–H and O–H groups in total. The van der Waals surface area contributed by atoms with Crippen molar-refractivity contribution in [3.05, 3.63) is 6.92 Å². The van der Waals surface area contributed by atoms with E-state index in [1.807, 2.05) is 0 Å². The first kappa shape index (κ1) is 19.0. The summed E-state index contributed by atoms with van der Waals surface area (Å²) < 4.78 is 0. The van der Waals surface area contributed by atoms with Crippen molar-refractivity contribution in [2.45, 2.75) is 110 Å². The maximum absolute atomic E-state index is 3.89. The fraction of sp³-hybridized carbons (Fsp3) is 0.947. The number of hydrogen-bond acceptors (Lipinski definition) is 0. The zero-order chi connectivity index (χ0) is 14.2. The molecule has 0 nitrogen and oxygen atoms in total. The van der Waals surface area contributed by atoms with Crippen LogP contribution in [0.2, 0.25) is 0 Å². The molecule has 0 spiro atoms. The fourth-order valence-corrected chi connectivity index (χ4v) is 2.79. The van der Waals surface area contributed by atoms with Crippen LogP contribution < -0.4 is 0 Å². The van der Waals surface area contributed by atoms with Crippen LogP contribution in [0, 0.1) is 12.8 Å². The summed E-state index contributed by atoms with van der Waals surface area (Å²) in [4.78, 5) is 0. The van der Waals surface area contributed by atoms with Crippen LogP contribution in [0.25, 0.3) is 0 Å². The minimum absolute atomic E-state index is 0.964. The maximum Gasteiger partial charge on any atom is -0.0443 e. The second-order valence-electron chi connectivity index (χ2n) is 6.43. The van der Waals surface area contributed by atoms with Crippen molar-refractivity contribution in [1.82, 2.24) is 0 Å². The van der Waals surface area contributed by atoms with Gasteiger partial charge in [-0.05, 0) is 5.92 Å². The first-order chi connectivity index (χ1) is 9.31. The molecule has 1 atom stereocenters. The van der Waals surface area contributed by atoms with Gasteiger partial charge in [-0.2, -0.15) is 0 Å². The molecule has 0 aromatic carbocycles. The second-order valence-corrected chi connectivity index (χ2v) is 6.43. The summed E-state index contributed by atoms with van der Waals surface area (Å²) in [6.45, 7) is 8.64. The average molecular weight is 268 g/mol. The summed E-state index contributed by atoms with van der Waals surface area (Å²) in [7, 11) is 0. The minimum Gasteiger partial charge on any atom is -0.0654 e. The lowest BCUT2D eigenvalue weighted by atomic mass is 9.96. The van der Waals surface area contributed by atoms with E-state index in [9.17, 15) is 0 Å². The first-order valence-electron chi connectivity index (χ1n) is 9.10. The highest BCUT2D eigenvalue weighted by atomic mass is 14.1. The molecule has 1 radical (unpaired) electrons. The topological polar surface area (TPSA) is 0 Å². The molecule has 0 aromatic rings. The largest absolute Gasteiger partial charge is 0.0654 e. The highest BCUT2D eigenvalue weighted by molar-refractivity contribution is 4.56. The van der Waals surface area contributed by atoms with Crippen LogP contribution >= 0.6 is 0 Å². The predicted molar refractivity (Wildman–Crippen MR) is 89.5 cm³/mol.